The van der Waals surface area contributed by atoms with Crippen molar-refractivity contribution in [1.82, 2.24) is 0 Å². The van der Waals surface area contributed by atoms with Crippen molar-refractivity contribution in [3.63, 3.8) is 0 Å². The van der Waals surface area contributed by atoms with Gasteiger partial charge in [0.2, 0.25) is 0 Å². The van der Waals surface area contributed by atoms with Gasteiger partial charge in [0.15, 0.2) is 0 Å². The van der Waals surface area contributed by atoms with Gasteiger partial charge in [-0.15, -0.1) is 13.2 Å². The van der Waals surface area contributed by atoms with Gasteiger partial charge in [0.05, 0.1) is 31.7 Å². The molecule has 0 N–H and O–H groups in total. The fourth-order valence-electron chi connectivity index (χ4n) is 0.592. The molecule has 1 rings (SSSR count). The minimum absolute atomic E-state index is 0. The van der Waals surface area contributed by atoms with Gasteiger partial charge in [-0.2, -0.15) is 0 Å². The van der Waals surface area contributed by atoms with Crippen LogP contribution in [-0.4, -0.2) is 49.4 Å². The summed E-state index contributed by atoms with van der Waals surface area (Å²) in [5.41, 5.74) is 0. The van der Waals surface area contributed by atoms with Gasteiger partial charge < -0.3 is 13.8 Å². The van der Waals surface area contributed by atoms with E-state index in [1.165, 1.54) is 0 Å². The molecule has 23 heavy (non-hydrogen) atoms. The van der Waals surface area contributed by atoms with Crippen LogP contribution in [-0.2, 0) is 34.6 Å². The zero-order valence-electron chi connectivity index (χ0n) is 12.6. The average Bonchev–Trinajstić information content (AvgIpc) is 2.60. The summed E-state index contributed by atoms with van der Waals surface area (Å²) in [4.78, 5) is 19.8. The third-order valence-corrected chi connectivity index (χ3v) is 2.49. The molecule has 13 heteroatoms. The molecule has 0 amide bonds. The van der Waals surface area contributed by atoms with E-state index in [9.17, 15) is 35.5 Å². The second kappa shape index (κ2) is 15.7. The molecule has 0 aromatic rings. The number of esters is 2. The van der Waals surface area contributed by atoms with Crippen molar-refractivity contribution in [1.29, 1.82) is 0 Å². The summed E-state index contributed by atoms with van der Waals surface area (Å²) in [6.07, 6.45) is 4.29. The molecule has 0 bridgehead atoms. The Morgan fingerprint density at radius 1 is 0.870 bits per heavy atom. The van der Waals surface area contributed by atoms with Crippen LogP contribution in [0.5, 0.6) is 0 Å². The molecule has 0 saturated carbocycles. The fourth-order valence-corrected chi connectivity index (χ4v) is 1.17. The van der Waals surface area contributed by atoms with Gasteiger partial charge in [-0.1, -0.05) is 12.2 Å². The molecule has 1 aliphatic rings. The van der Waals surface area contributed by atoms with E-state index in [4.69, 9.17) is 0 Å². The van der Waals surface area contributed by atoms with Gasteiger partial charge in [-0.25, -0.2) is 26.4 Å². The zero-order chi connectivity index (χ0) is 17.1. The minimum Gasteiger partial charge on any atom is -0.748 e. The SMILES string of the molecule is C=CCS(=O)(=O)[O-].C=CCS(=O)(=O)[O-].O=C1C=CC(=O)O1.[Na+].[Na+]. The summed E-state index contributed by atoms with van der Waals surface area (Å²) in [6, 6.07) is 0. The molecule has 0 fully saturated rings. The molecule has 0 atom stereocenters. The average molecular weight is 386 g/mol. The first kappa shape index (κ1) is 31.0. The first-order valence-electron chi connectivity index (χ1n) is 4.94. The van der Waals surface area contributed by atoms with Crippen LogP contribution in [0.15, 0.2) is 37.5 Å². The standard InChI is InChI=1S/C4H2O3.2C3H6O3S.2Na/c5-3-1-2-4(6)7-3;2*1-2-3-7(4,5)6;;/h1-2H;2*2H,1,3H2,(H,4,5,6);;/q;;;2*+1/p-2. The second-order valence-electron chi connectivity index (χ2n) is 3.10. The number of ether oxygens (including phenoxy) is 1. The maximum absolute atomic E-state index is 9.92. The summed E-state index contributed by atoms with van der Waals surface area (Å²) in [6.45, 7) is 6.13. The minimum atomic E-state index is -4.04. The molecule has 0 saturated heterocycles. The zero-order valence-corrected chi connectivity index (χ0v) is 18.3. The van der Waals surface area contributed by atoms with E-state index in [0.29, 0.717) is 0 Å². The van der Waals surface area contributed by atoms with Crippen LogP contribution in [0, 0.1) is 0 Å². The van der Waals surface area contributed by atoms with Crippen LogP contribution in [0.1, 0.15) is 0 Å². The van der Waals surface area contributed by atoms with Gasteiger partial charge in [0.1, 0.15) is 0 Å². The molecule has 120 valence electrons. The van der Waals surface area contributed by atoms with Crippen molar-refractivity contribution in [3.8, 4) is 0 Å². The van der Waals surface area contributed by atoms with E-state index in [1.54, 1.807) is 0 Å². The first-order valence-corrected chi connectivity index (χ1v) is 8.09. The molecular formula is C10H12Na2O9S2. The van der Waals surface area contributed by atoms with Crippen LogP contribution >= 0.6 is 0 Å². The Labute approximate surface area is 178 Å². The molecule has 0 spiro atoms. The van der Waals surface area contributed by atoms with Crippen LogP contribution in [0.3, 0.4) is 0 Å². The maximum atomic E-state index is 9.92. The van der Waals surface area contributed by atoms with E-state index in [-0.39, 0.29) is 59.1 Å². The van der Waals surface area contributed by atoms with E-state index in [1.807, 2.05) is 0 Å². The Hall–Kier alpha value is 0.180. The van der Waals surface area contributed by atoms with E-state index in [2.05, 4.69) is 17.9 Å². The van der Waals surface area contributed by atoms with E-state index < -0.39 is 43.7 Å². The molecule has 1 heterocycles. The molecule has 0 aromatic carbocycles. The maximum Gasteiger partial charge on any atom is 1.00 e. The van der Waals surface area contributed by atoms with Gasteiger partial charge >= 0.3 is 71.1 Å². The number of rotatable bonds is 4. The Kier molecular flexibility index (Phi) is 21.2. The van der Waals surface area contributed by atoms with Gasteiger partial charge in [-0.3, -0.25) is 0 Å². The Morgan fingerprint density at radius 2 is 1.13 bits per heavy atom. The quantitative estimate of drug-likeness (QED) is 0.150. The molecule has 0 radical (unpaired) electrons. The summed E-state index contributed by atoms with van der Waals surface area (Å²) in [5.74, 6) is -2.12. The summed E-state index contributed by atoms with van der Waals surface area (Å²) < 4.78 is 61.6. The van der Waals surface area contributed by atoms with Crippen LogP contribution in [0.2, 0.25) is 0 Å². The first-order chi connectivity index (χ1) is 9.41. The number of hydrogen-bond donors (Lipinski definition) is 0. The molecule has 0 aromatic heterocycles. The summed E-state index contributed by atoms with van der Waals surface area (Å²) in [7, 11) is -8.08. The van der Waals surface area contributed by atoms with Crippen molar-refractivity contribution < 1.29 is 99.4 Å². The van der Waals surface area contributed by atoms with Crippen LogP contribution < -0.4 is 59.1 Å². The second-order valence-corrected chi connectivity index (χ2v) is 6.00. The van der Waals surface area contributed by atoms with Gasteiger partial charge in [0.25, 0.3) is 0 Å². The van der Waals surface area contributed by atoms with Gasteiger partial charge in [0, 0.05) is 12.2 Å². The van der Waals surface area contributed by atoms with Gasteiger partial charge in [-0.05, 0) is 0 Å². The van der Waals surface area contributed by atoms with Crippen LogP contribution in [0.4, 0.5) is 0 Å². The molecular weight excluding hydrogens is 374 g/mol. The number of carbonyl (C=O) groups excluding carboxylic acids is 2. The summed E-state index contributed by atoms with van der Waals surface area (Å²) >= 11 is 0. The Morgan fingerprint density at radius 3 is 1.17 bits per heavy atom. The Bertz CT molecular complexity index is 567. The fraction of sp³-hybridized carbons (Fsp3) is 0.200. The predicted molar refractivity (Wildman–Crippen MR) is 69.8 cm³/mol. The van der Waals surface area contributed by atoms with E-state index >= 15 is 0 Å². The number of cyclic esters (lactones) is 2. The summed E-state index contributed by atoms with van der Waals surface area (Å²) in [5, 5.41) is 0. The van der Waals surface area contributed by atoms with Crippen molar-refractivity contribution in [3.05, 3.63) is 37.5 Å². The third kappa shape index (κ3) is 30.6. The third-order valence-electron chi connectivity index (χ3n) is 1.20. The van der Waals surface area contributed by atoms with Crippen LogP contribution in [0.25, 0.3) is 0 Å². The number of hydrogen-bond acceptors (Lipinski definition) is 9. The van der Waals surface area contributed by atoms with Crippen molar-refractivity contribution in [2.45, 2.75) is 0 Å². The topological polar surface area (TPSA) is 158 Å². The van der Waals surface area contributed by atoms with E-state index in [0.717, 1.165) is 24.3 Å². The largest absolute Gasteiger partial charge is 1.00 e. The normalized spacial score (nSPS) is 12.1. The Balaban J connectivity index is -0.000000113. The van der Waals surface area contributed by atoms with Crippen molar-refractivity contribution >= 4 is 32.2 Å². The molecule has 1 aliphatic heterocycles. The molecule has 0 unspecified atom stereocenters. The molecule has 9 nitrogen and oxygen atoms in total. The predicted octanol–water partition coefficient (Wildman–Crippen LogP) is -6.93. The smallest absolute Gasteiger partial charge is 0.748 e. The van der Waals surface area contributed by atoms with Crippen molar-refractivity contribution in [2.24, 2.45) is 0 Å². The molecule has 0 aliphatic carbocycles. The van der Waals surface area contributed by atoms with Crippen molar-refractivity contribution in [2.75, 3.05) is 11.5 Å². The monoisotopic (exact) mass is 386 g/mol. The number of carbonyl (C=O) groups is 2.